The number of pyridine rings is 1. The molecular formula is C26H28N6O. The fourth-order valence-electron chi connectivity index (χ4n) is 4.30. The van der Waals surface area contributed by atoms with Gasteiger partial charge in [-0.1, -0.05) is 12.1 Å². The van der Waals surface area contributed by atoms with E-state index in [4.69, 9.17) is 5.73 Å². The van der Waals surface area contributed by atoms with Crippen molar-refractivity contribution in [2.75, 3.05) is 29.9 Å². The Morgan fingerprint density at radius 1 is 0.970 bits per heavy atom. The summed E-state index contributed by atoms with van der Waals surface area (Å²) in [7, 11) is 2.07. The number of aromatic hydroxyl groups is 1. The second kappa shape index (κ2) is 9.03. The van der Waals surface area contributed by atoms with Crippen molar-refractivity contribution in [1.82, 2.24) is 15.0 Å². The molecule has 7 nitrogen and oxygen atoms in total. The molecule has 0 radical (unpaired) electrons. The van der Waals surface area contributed by atoms with Crippen LogP contribution in [-0.4, -0.2) is 46.2 Å². The number of hydrogen-bond donors (Lipinski definition) is 2. The summed E-state index contributed by atoms with van der Waals surface area (Å²) in [4.78, 5) is 17.4. The number of rotatable bonds is 5. The van der Waals surface area contributed by atoms with Gasteiger partial charge in [0.1, 0.15) is 5.82 Å². The van der Waals surface area contributed by atoms with Crippen molar-refractivity contribution in [2.45, 2.75) is 25.3 Å². The fraction of sp³-hybridized carbons (Fsp3) is 0.269. The summed E-state index contributed by atoms with van der Waals surface area (Å²) >= 11 is 0. The summed E-state index contributed by atoms with van der Waals surface area (Å²) in [6.07, 6.45) is 5.90. The maximum absolute atomic E-state index is 10.2. The lowest BCUT2D eigenvalue weighted by Gasteiger charge is -2.32. The molecule has 0 spiro atoms. The first-order valence-electron chi connectivity index (χ1n) is 11.3. The summed E-state index contributed by atoms with van der Waals surface area (Å²) in [6.45, 7) is 2.04. The molecule has 1 aliphatic heterocycles. The number of aromatic nitrogens is 3. The molecule has 168 valence electrons. The molecule has 3 heterocycles. The summed E-state index contributed by atoms with van der Waals surface area (Å²) < 4.78 is 0. The van der Waals surface area contributed by atoms with Gasteiger partial charge in [-0.3, -0.25) is 4.98 Å². The molecule has 1 aliphatic rings. The number of piperidine rings is 1. The van der Waals surface area contributed by atoms with Crippen molar-refractivity contribution in [3.63, 3.8) is 0 Å². The summed E-state index contributed by atoms with van der Waals surface area (Å²) in [5.74, 6) is 0.563. The number of nitrogens with two attached hydrogens (primary N) is 1. The molecule has 0 aliphatic carbocycles. The maximum Gasteiger partial charge on any atom is 0.222 e. The fourth-order valence-corrected chi connectivity index (χ4v) is 4.30. The van der Waals surface area contributed by atoms with Crippen molar-refractivity contribution in [2.24, 2.45) is 5.73 Å². The minimum absolute atomic E-state index is 0.00963. The lowest BCUT2D eigenvalue weighted by molar-refractivity contribution is 0.457. The van der Waals surface area contributed by atoms with Crippen LogP contribution in [0, 0.1) is 0 Å². The van der Waals surface area contributed by atoms with Crippen molar-refractivity contribution >= 4 is 28.0 Å². The van der Waals surface area contributed by atoms with Gasteiger partial charge in [-0.05, 0) is 60.9 Å². The molecule has 1 saturated heterocycles. The molecule has 0 bridgehead atoms. The SMILES string of the molecule is CN(c1ccc(Cc2nc(O)c3ccncc3n2)cc1)c1ccc(N2CCC(N)CC2)cc1. The summed E-state index contributed by atoms with van der Waals surface area (Å²) in [5.41, 5.74) is 11.2. The lowest BCUT2D eigenvalue weighted by atomic mass is 10.1. The standard InChI is InChI=1S/C26H28N6O/c1-31(21-6-8-22(9-7-21)32-14-11-19(27)12-15-32)20-4-2-18(3-5-20)16-25-29-24-17-28-13-10-23(24)26(33)30-25/h2-10,13,17,19H,11-12,14-16,27H2,1H3,(H,29,30,33). The second-order valence-electron chi connectivity index (χ2n) is 8.60. The molecule has 5 rings (SSSR count). The predicted octanol–water partition coefficient (Wildman–Crippen LogP) is 4.02. The van der Waals surface area contributed by atoms with Crippen LogP contribution in [0.2, 0.25) is 0 Å². The normalized spacial score (nSPS) is 14.5. The monoisotopic (exact) mass is 440 g/mol. The van der Waals surface area contributed by atoms with Gasteiger partial charge in [-0.25, -0.2) is 4.98 Å². The van der Waals surface area contributed by atoms with E-state index in [1.165, 1.54) is 5.69 Å². The first kappa shape index (κ1) is 21.2. The Labute approximate surface area is 193 Å². The molecule has 3 N–H and O–H groups in total. The number of anilines is 3. The average molecular weight is 441 g/mol. The van der Waals surface area contributed by atoms with Gasteiger partial charge in [0.25, 0.3) is 0 Å². The number of hydrogen-bond acceptors (Lipinski definition) is 7. The van der Waals surface area contributed by atoms with Crippen LogP contribution in [0.3, 0.4) is 0 Å². The van der Waals surface area contributed by atoms with Gasteiger partial charge in [-0.2, -0.15) is 4.98 Å². The minimum Gasteiger partial charge on any atom is -0.493 e. The maximum atomic E-state index is 10.2. The highest BCUT2D eigenvalue weighted by Gasteiger charge is 2.16. The zero-order valence-corrected chi connectivity index (χ0v) is 18.7. The Kier molecular flexibility index (Phi) is 5.79. The van der Waals surface area contributed by atoms with Crippen molar-refractivity contribution in [1.29, 1.82) is 0 Å². The topological polar surface area (TPSA) is 91.4 Å². The van der Waals surface area contributed by atoms with E-state index in [0.717, 1.165) is 42.9 Å². The van der Waals surface area contributed by atoms with E-state index in [1.807, 2.05) is 0 Å². The van der Waals surface area contributed by atoms with E-state index in [2.05, 4.69) is 80.3 Å². The first-order chi connectivity index (χ1) is 16.1. The lowest BCUT2D eigenvalue weighted by Crippen LogP contribution is -2.39. The van der Waals surface area contributed by atoms with Crippen LogP contribution in [0.15, 0.2) is 67.0 Å². The quantitative estimate of drug-likeness (QED) is 0.484. The predicted molar refractivity (Wildman–Crippen MR) is 132 cm³/mol. The molecule has 33 heavy (non-hydrogen) atoms. The van der Waals surface area contributed by atoms with Crippen LogP contribution < -0.4 is 15.5 Å². The molecular weight excluding hydrogens is 412 g/mol. The van der Waals surface area contributed by atoms with E-state index in [0.29, 0.717) is 29.2 Å². The molecule has 0 atom stereocenters. The number of fused-ring (bicyclic) bond motifs is 1. The van der Waals surface area contributed by atoms with Gasteiger partial charge in [0, 0.05) is 55.9 Å². The molecule has 0 saturated carbocycles. The Bertz CT molecular complexity index is 1230. The zero-order valence-electron chi connectivity index (χ0n) is 18.7. The van der Waals surface area contributed by atoms with Crippen molar-refractivity contribution in [3.05, 3.63) is 78.4 Å². The van der Waals surface area contributed by atoms with E-state index >= 15 is 0 Å². The third-order valence-electron chi connectivity index (χ3n) is 6.35. The average Bonchev–Trinajstić information content (AvgIpc) is 2.85. The van der Waals surface area contributed by atoms with Crippen LogP contribution in [-0.2, 0) is 6.42 Å². The first-order valence-corrected chi connectivity index (χ1v) is 11.3. The Hall–Kier alpha value is -3.71. The summed E-state index contributed by atoms with van der Waals surface area (Å²) in [5, 5.41) is 10.8. The van der Waals surface area contributed by atoms with Gasteiger partial charge >= 0.3 is 0 Å². The second-order valence-corrected chi connectivity index (χ2v) is 8.60. The zero-order chi connectivity index (χ0) is 22.8. The Morgan fingerprint density at radius 3 is 2.33 bits per heavy atom. The molecule has 2 aromatic carbocycles. The third kappa shape index (κ3) is 4.59. The Morgan fingerprint density at radius 2 is 1.64 bits per heavy atom. The molecule has 4 aromatic rings. The van der Waals surface area contributed by atoms with Crippen LogP contribution in [0.1, 0.15) is 24.2 Å². The van der Waals surface area contributed by atoms with E-state index in [1.54, 1.807) is 18.5 Å². The van der Waals surface area contributed by atoms with Gasteiger partial charge in [0.05, 0.1) is 17.1 Å². The van der Waals surface area contributed by atoms with Crippen LogP contribution in [0.4, 0.5) is 17.1 Å². The highest BCUT2D eigenvalue weighted by Crippen LogP contribution is 2.28. The molecule has 7 heteroatoms. The van der Waals surface area contributed by atoms with Crippen LogP contribution in [0.25, 0.3) is 10.9 Å². The molecule has 0 unspecified atom stereocenters. The van der Waals surface area contributed by atoms with Gasteiger partial charge < -0.3 is 20.6 Å². The van der Waals surface area contributed by atoms with E-state index in [9.17, 15) is 5.11 Å². The van der Waals surface area contributed by atoms with Gasteiger partial charge in [0.2, 0.25) is 5.88 Å². The third-order valence-corrected chi connectivity index (χ3v) is 6.35. The van der Waals surface area contributed by atoms with Gasteiger partial charge in [0.15, 0.2) is 0 Å². The van der Waals surface area contributed by atoms with E-state index < -0.39 is 0 Å². The van der Waals surface area contributed by atoms with Crippen molar-refractivity contribution in [3.8, 4) is 5.88 Å². The largest absolute Gasteiger partial charge is 0.493 e. The number of nitrogens with zero attached hydrogens (tertiary/aromatic N) is 5. The number of benzene rings is 2. The molecule has 1 fully saturated rings. The van der Waals surface area contributed by atoms with Crippen LogP contribution >= 0.6 is 0 Å². The Balaban J connectivity index is 1.27. The van der Waals surface area contributed by atoms with Crippen LogP contribution in [0.5, 0.6) is 5.88 Å². The van der Waals surface area contributed by atoms with Gasteiger partial charge in [-0.15, -0.1) is 0 Å². The van der Waals surface area contributed by atoms with E-state index in [-0.39, 0.29) is 5.88 Å². The smallest absolute Gasteiger partial charge is 0.222 e. The van der Waals surface area contributed by atoms with Crippen molar-refractivity contribution < 1.29 is 5.11 Å². The summed E-state index contributed by atoms with van der Waals surface area (Å²) in [6, 6.07) is 19.1. The minimum atomic E-state index is -0.00963. The highest BCUT2D eigenvalue weighted by atomic mass is 16.3. The highest BCUT2D eigenvalue weighted by molar-refractivity contribution is 5.82. The molecule has 2 aromatic heterocycles. The molecule has 0 amide bonds.